The zero-order chi connectivity index (χ0) is 17.1. The number of benzene rings is 2. The zero-order valence-corrected chi connectivity index (χ0v) is 14.5. The molecule has 0 bridgehead atoms. The fourth-order valence-corrected chi connectivity index (χ4v) is 3.97. The summed E-state index contributed by atoms with van der Waals surface area (Å²) in [4.78, 5) is 26.0. The second-order valence-corrected chi connectivity index (χ2v) is 6.57. The van der Waals surface area contributed by atoms with Crippen molar-refractivity contribution in [3.8, 4) is 5.75 Å². The third-order valence-electron chi connectivity index (χ3n) is 4.05. The molecule has 0 aromatic heterocycles. The molecule has 0 aliphatic carbocycles. The van der Waals surface area contributed by atoms with E-state index in [0.29, 0.717) is 23.5 Å². The van der Waals surface area contributed by atoms with Gasteiger partial charge < -0.3 is 4.74 Å². The molecule has 1 aliphatic rings. The van der Waals surface area contributed by atoms with E-state index in [-0.39, 0.29) is 17.1 Å². The molecule has 5 heteroatoms. The summed E-state index contributed by atoms with van der Waals surface area (Å²) in [6, 6.07) is 15.1. The van der Waals surface area contributed by atoms with Crippen LogP contribution < -0.4 is 9.64 Å². The van der Waals surface area contributed by atoms with Gasteiger partial charge in [-0.1, -0.05) is 43.3 Å². The highest BCUT2D eigenvalue weighted by Crippen LogP contribution is 2.44. The van der Waals surface area contributed by atoms with Crippen LogP contribution in [0.3, 0.4) is 0 Å². The van der Waals surface area contributed by atoms with Gasteiger partial charge in [0.2, 0.25) is 5.91 Å². The number of carbonyl (C=O) groups excluding carboxylic acids is 2. The number of thioether (sulfide) groups is 1. The number of Topliss-reactive ketones (excluding diaryl/α,β-unsaturated/α-hetero) is 1. The third kappa shape index (κ3) is 3.04. The van der Waals surface area contributed by atoms with E-state index in [9.17, 15) is 9.59 Å². The second kappa shape index (κ2) is 7.09. The van der Waals surface area contributed by atoms with Crippen LogP contribution in [-0.4, -0.2) is 24.6 Å². The summed E-state index contributed by atoms with van der Waals surface area (Å²) in [6.07, 6.45) is 0.489. The average Bonchev–Trinajstić information content (AvgIpc) is 3.02. The number of methoxy groups -OCH3 is 1. The van der Waals surface area contributed by atoms with Crippen molar-refractivity contribution in [3.63, 3.8) is 0 Å². The van der Waals surface area contributed by atoms with Crippen LogP contribution in [0.4, 0.5) is 5.69 Å². The molecule has 3 rings (SSSR count). The topological polar surface area (TPSA) is 46.6 Å². The number of para-hydroxylation sites is 2. The maximum Gasteiger partial charge on any atom is 0.238 e. The molecular formula is C19H19NO3S. The van der Waals surface area contributed by atoms with E-state index in [2.05, 4.69) is 0 Å². The summed E-state index contributed by atoms with van der Waals surface area (Å²) >= 11 is 1.58. The molecule has 1 amide bonds. The molecule has 1 unspecified atom stereocenters. The van der Waals surface area contributed by atoms with E-state index in [1.165, 1.54) is 0 Å². The van der Waals surface area contributed by atoms with Crippen molar-refractivity contribution in [1.82, 2.24) is 0 Å². The van der Waals surface area contributed by atoms with E-state index in [0.717, 1.165) is 11.3 Å². The van der Waals surface area contributed by atoms with Crippen LogP contribution in [0.15, 0.2) is 48.5 Å². The maximum absolute atomic E-state index is 12.4. The molecule has 2 aromatic rings. The molecule has 4 nitrogen and oxygen atoms in total. The number of rotatable bonds is 5. The Labute approximate surface area is 145 Å². The van der Waals surface area contributed by atoms with E-state index >= 15 is 0 Å². The van der Waals surface area contributed by atoms with Gasteiger partial charge in [-0.05, 0) is 17.7 Å². The van der Waals surface area contributed by atoms with Crippen molar-refractivity contribution in [1.29, 1.82) is 0 Å². The summed E-state index contributed by atoms with van der Waals surface area (Å²) in [6.45, 7) is 1.85. The highest BCUT2D eigenvalue weighted by atomic mass is 32.2. The summed E-state index contributed by atoms with van der Waals surface area (Å²) in [5.41, 5.74) is 2.48. The van der Waals surface area contributed by atoms with Gasteiger partial charge >= 0.3 is 0 Å². The van der Waals surface area contributed by atoms with Gasteiger partial charge in [-0.2, -0.15) is 0 Å². The number of hydrogen-bond acceptors (Lipinski definition) is 4. The largest absolute Gasteiger partial charge is 0.495 e. The molecule has 1 heterocycles. The number of ketones is 1. The summed E-state index contributed by atoms with van der Waals surface area (Å²) in [5, 5.41) is -0.112. The molecular weight excluding hydrogens is 322 g/mol. The monoisotopic (exact) mass is 341 g/mol. The van der Waals surface area contributed by atoms with Crippen molar-refractivity contribution in [3.05, 3.63) is 59.7 Å². The Bertz CT molecular complexity index is 757. The summed E-state index contributed by atoms with van der Waals surface area (Å²) < 4.78 is 5.41. The lowest BCUT2D eigenvalue weighted by Gasteiger charge is -2.26. The van der Waals surface area contributed by atoms with Crippen molar-refractivity contribution < 1.29 is 14.3 Å². The van der Waals surface area contributed by atoms with Crippen LogP contribution in [0.25, 0.3) is 0 Å². The lowest BCUT2D eigenvalue weighted by Crippen LogP contribution is -2.28. The van der Waals surface area contributed by atoms with Crippen LogP contribution in [0, 0.1) is 0 Å². The van der Waals surface area contributed by atoms with Gasteiger partial charge in [-0.15, -0.1) is 11.8 Å². The van der Waals surface area contributed by atoms with Gasteiger partial charge in [0.25, 0.3) is 0 Å². The minimum absolute atomic E-state index is 0.0585. The normalized spacial score (nSPS) is 17.2. The Morgan fingerprint density at radius 3 is 2.58 bits per heavy atom. The second-order valence-electron chi connectivity index (χ2n) is 5.50. The summed E-state index contributed by atoms with van der Waals surface area (Å²) in [7, 11) is 1.60. The molecule has 124 valence electrons. The van der Waals surface area contributed by atoms with Gasteiger partial charge in [0.1, 0.15) is 11.1 Å². The highest BCUT2D eigenvalue weighted by molar-refractivity contribution is 8.00. The number of hydrogen-bond donors (Lipinski definition) is 0. The SMILES string of the molecule is CCC(=O)c1ccc(C2SCC(=O)N2c2ccccc2OC)cc1. The van der Waals surface area contributed by atoms with E-state index in [1.807, 2.05) is 55.5 Å². The van der Waals surface area contributed by atoms with Gasteiger partial charge in [0.05, 0.1) is 18.6 Å². The standard InChI is InChI=1S/C19H19NO3S/c1-3-16(21)13-8-10-14(11-9-13)19-20(18(22)12-24-19)15-6-4-5-7-17(15)23-2/h4-11,19H,3,12H2,1-2H3. The van der Waals surface area contributed by atoms with Crippen LogP contribution in [0.5, 0.6) is 5.75 Å². The molecule has 0 saturated carbocycles. The lowest BCUT2D eigenvalue weighted by molar-refractivity contribution is -0.115. The number of amides is 1. The number of carbonyl (C=O) groups is 2. The van der Waals surface area contributed by atoms with Crippen molar-refractivity contribution >= 4 is 29.1 Å². The van der Waals surface area contributed by atoms with Crippen molar-refractivity contribution in [2.75, 3.05) is 17.8 Å². The van der Waals surface area contributed by atoms with Crippen LogP contribution in [0.2, 0.25) is 0 Å². The lowest BCUT2D eigenvalue weighted by atomic mass is 10.1. The van der Waals surface area contributed by atoms with Crippen molar-refractivity contribution in [2.45, 2.75) is 18.7 Å². The number of ether oxygens (including phenoxy) is 1. The van der Waals surface area contributed by atoms with Crippen LogP contribution in [0.1, 0.15) is 34.6 Å². The first-order valence-corrected chi connectivity index (χ1v) is 8.90. The minimum atomic E-state index is -0.112. The summed E-state index contributed by atoms with van der Waals surface area (Å²) in [5.74, 6) is 1.29. The van der Waals surface area contributed by atoms with Gasteiger partial charge in [-0.3, -0.25) is 14.5 Å². The average molecular weight is 341 g/mol. The predicted octanol–water partition coefficient (Wildman–Crippen LogP) is 4.07. The zero-order valence-electron chi connectivity index (χ0n) is 13.7. The van der Waals surface area contributed by atoms with Crippen molar-refractivity contribution in [2.24, 2.45) is 0 Å². The molecule has 0 N–H and O–H groups in total. The third-order valence-corrected chi connectivity index (χ3v) is 5.26. The van der Waals surface area contributed by atoms with Crippen LogP contribution >= 0.6 is 11.8 Å². The molecule has 1 atom stereocenters. The highest BCUT2D eigenvalue weighted by Gasteiger charge is 2.35. The van der Waals surface area contributed by atoms with Gasteiger partial charge in [0, 0.05) is 12.0 Å². The smallest absolute Gasteiger partial charge is 0.238 e. The number of nitrogens with zero attached hydrogens (tertiary/aromatic N) is 1. The van der Waals surface area contributed by atoms with Crippen LogP contribution in [-0.2, 0) is 4.79 Å². The minimum Gasteiger partial charge on any atom is -0.495 e. The van der Waals surface area contributed by atoms with E-state index < -0.39 is 0 Å². The number of anilines is 1. The Balaban J connectivity index is 1.95. The molecule has 1 fully saturated rings. The Morgan fingerprint density at radius 1 is 1.21 bits per heavy atom. The molecule has 1 aliphatic heterocycles. The van der Waals surface area contributed by atoms with E-state index in [4.69, 9.17) is 4.74 Å². The Morgan fingerprint density at radius 2 is 1.92 bits per heavy atom. The fourth-order valence-electron chi connectivity index (χ4n) is 2.80. The van der Waals surface area contributed by atoms with Gasteiger partial charge in [0.15, 0.2) is 5.78 Å². The molecule has 0 spiro atoms. The molecule has 24 heavy (non-hydrogen) atoms. The molecule has 2 aromatic carbocycles. The Hall–Kier alpha value is -2.27. The first-order valence-electron chi connectivity index (χ1n) is 7.85. The van der Waals surface area contributed by atoms with Gasteiger partial charge in [-0.25, -0.2) is 0 Å². The maximum atomic E-state index is 12.4. The quantitative estimate of drug-likeness (QED) is 0.769. The Kier molecular flexibility index (Phi) is 4.90. The first kappa shape index (κ1) is 16.6. The van der Waals surface area contributed by atoms with E-state index in [1.54, 1.807) is 23.8 Å². The molecule has 0 radical (unpaired) electrons. The molecule has 1 saturated heterocycles. The fraction of sp³-hybridized carbons (Fsp3) is 0.263. The predicted molar refractivity (Wildman–Crippen MR) is 96.7 cm³/mol. The first-order chi connectivity index (χ1) is 11.7.